The normalized spacial score (nSPS) is 14.3. The molecule has 0 bridgehead atoms. The van der Waals surface area contributed by atoms with E-state index in [1.165, 1.54) is 11.3 Å². The van der Waals surface area contributed by atoms with Gasteiger partial charge in [-0.3, -0.25) is 0 Å². The predicted octanol–water partition coefficient (Wildman–Crippen LogP) is 2.31. The molecule has 0 spiro atoms. The first-order chi connectivity index (χ1) is 8.44. The Morgan fingerprint density at radius 3 is 2.67 bits per heavy atom. The number of unbranched alkanes of at least 4 members (excludes halogenated alkanes) is 1. The van der Waals surface area contributed by atoms with E-state index < -0.39 is 5.60 Å². The molecule has 0 amide bonds. The molecule has 0 aliphatic heterocycles. The largest absolute Gasteiger partial charge is 0.389 e. The molecule has 0 aliphatic carbocycles. The SMILES string of the molecule is Cc1cccc(N(C)CCCCC(C)(O)CN)c1. The molecule has 0 saturated carbocycles. The van der Waals surface area contributed by atoms with E-state index in [1.807, 2.05) is 0 Å². The van der Waals surface area contributed by atoms with Crippen LogP contribution < -0.4 is 10.6 Å². The lowest BCUT2D eigenvalue weighted by molar-refractivity contribution is 0.0575. The van der Waals surface area contributed by atoms with Crippen molar-refractivity contribution in [2.75, 3.05) is 25.0 Å². The van der Waals surface area contributed by atoms with Gasteiger partial charge in [-0.25, -0.2) is 0 Å². The summed E-state index contributed by atoms with van der Waals surface area (Å²) in [6.07, 6.45) is 2.84. The number of nitrogens with two attached hydrogens (primary N) is 1. The molecule has 0 aliphatic rings. The first kappa shape index (κ1) is 15.0. The predicted molar refractivity (Wildman–Crippen MR) is 78.0 cm³/mol. The number of hydrogen-bond donors (Lipinski definition) is 2. The van der Waals surface area contributed by atoms with Crippen LogP contribution in [0.2, 0.25) is 0 Å². The third-order valence-corrected chi connectivity index (χ3v) is 3.34. The van der Waals surface area contributed by atoms with Crippen LogP contribution in [0.3, 0.4) is 0 Å². The molecule has 1 aromatic carbocycles. The molecule has 18 heavy (non-hydrogen) atoms. The fourth-order valence-corrected chi connectivity index (χ4v) is 1.95. The molecule has 0 heterocycles. The summed E-state index contributed by atoms with van der Waals surface area (Å²) in [6, 6.07) is 8.51. The second-order valence-corrected chi connectivity index (χ2v) is 5.42. The van der Waals surface area contributed by atoms with Crippen molar-refractivity contribution in [2.24, 2.45) is 5.73 Å². The van der Waals surface area contributed by atoms with Crippen LogP contribution in [0.1, 0.15) is 31.7 Å². The van der Waals surface area contributed by atoms with Gasteiger partial charge in [-0.1, -0.05) is 12.1 Å². The molecule has 102 valence electrons. The quantitative estimate of drug-likeness (QED) is 0.730. The standard InChI is InChI=1S/C15H26N2O/c1-13-7-6-8-14(11-13)17(3)10-5-4-9-15(2,18)12-16/h6-8,11,18H,4-5,9-10,12,16H2,1-3H3. The fourth-order valence-electron chi connectivity index (χ4n) is 1.95. The van der Waals surface area contributed by atoms with Gasteiger partial charge in [0.25, 0.3) is 0 Å². The number of hydrogen-bond acceptors (Lipinski definition) is 3. The second-order valence-electron chi connectivity index (χ2n) is 5.42. The van der Waals surface area contributed by atoms with Crippen LogP contribution in [0, 0.1) is 6.92 Å². The number of anilines is 1. The van der Waals surface area contributed by atoms with Crippen molar-refractivity contribution in [1.29, 1.82) is 0 Å². The average Bonchev–Trinajstić information content (AvgIpc) is 2.34. The highest BCUT2D eigenvalue weighted by atomic mass is 16.3. The van der Waals surface area contributed by atoms with Gasteiger partial charge in [0.1, 0.15) is 0 Å². The average molecular weight is 250 g/mol. The summed E-state index contributed by atoms with van der Waals surface area (Å²) < 4.78 is 0. The third kappa shape index (κ3) is 5.07. The molecular formula is C15H26N2O. The van der Waals surface area contributed by atoms with E-state index in [0.29, 0.717) is 6.54 Å². The summed E-state index contributed by atoms with van der Waals surface area (Å²) in [6.45, 7) is 5.25. The highest BCUT2D eigenvalue weighted by Crippen LogP contribution is 2.16. The Bertz CT molecular complexity index is 363. The van der Waals surface area contributed by atoms with Crippen molar-refractivity contribution in [3.8, 4) is 0 Å². The lowest BCUT2D eigenvalue weighted by atomic mass is 9.99. The maximum atomic E-state index is 9.80. The van der Waals surface area contributed by atoms with E-state index in [-0.39, 0.29) is 0 Å². The number of aryl methyl sites for hydroxylation is 1. The highest BCUT2D eigenvalue weighted by molar-refractivity contribution is 5.47. The van der Waals surface area contributed by atoms with Gasteiger partial charge in [-0.15, -0.1) is 0 Å². The van der Waals surface area contributed by atoms with E-state index in [1.54, 1.807) is 6.92 Å². The minimum Gasteiger partial charge on any atom is -0.389 e. The first-order valence-corrected chi connectivity index (χ1v) is 6.65. The molecule has 0 saturated heterocycles. The Morgan fingerprint density at radius 1 is 1.33 bits per heavy atom. The summed E-state index contributed by atoms with van der Waals surface area (Å²) in [4.78, 5) is 2.25. The number of benzene rings is 1. The topological polar surface area (TPSA) is 49.5 Å². The van der Waals surface area contributed by atoms with Gasteiger partial charge in [0.05, 0.1) is 5.60 Å². The number of nitrogens with zero attached hydrogens (tertiary/aromatic N) is 1. The molecule has 1 rings (SSSR count). The monoisotopic (exact) mass is 250 g/mol. The smallest absolute Gasteiger partial charge is 0.0741 e. The molecule has 3 nitrogen and oxygen atoms in total. The molecule has 3 heteroatoms. The Balaban J connectivity index is 2.32. The summed E-state index contributed by atoms with van der Waals surface area (Å²) >= 11 is 0. The maximum Gasteiger partial charge on any atom is 0.0741 e. The van der Waals surface area contributed by atoms with Crippen molar-refractivity contribution in [1.82, 2.24) is 0 Å². The van der Waals surface area contributed by atoms with Crippen LogP contribution in [0.25, 0.3) is 0 Å². The van der Waals surface area contributed by atoms with Gasteiger partial charge >= 0.3 is 0 Å². The van der Waals surface area contributed by atoms with Crippen LogP contribution in [0.15, 0.2) is 24.3 Å². The highest BCUT2D eigenvalue weighted by Gasteiger charge is 2.16. The fraction of sp³-hybridized carbons (Fsp3) is 0.600. The minimum atomic E-state index is -0.706. The maximum absolute atomic E-state index is 9.80. The van der Waals surface area contributed by atoms with E-state index in [0.717, 1.165) is 25.8 Å². The minimum absolute atomic E-state index is 0.334. The van der Waals surface area contributed by atoms with E-state index in [2.05, 4.69) is 43.1 Å². The van der Waals surface area contributed by atoms with Crippen molar-refractivity contribution in [3.63, 3.8) is 0 Å². The molecule has 1 aromatic rings. The lowest BCUT2D eigenvalue weighted by Gasteiger charge is -2.23. The van der Waals surface area contributed by atoms with E-state index in [4.69, 9.17) is 5.73 Å². The first-order valence-electron chi connectivity index (χ1n) is 6.65. The van der Waals surface area contributed by atoms with Crippen molar-refractivity contribution < 1.29 is 5.11 Å². The summed E-state index contributed by atoms with van der Waals surface area (Å²) in [7, 11) is 2.11. The van der Waals surface area contributed by atoms with Crippen LogP contribution >= 0.6 is 0 Å². The molecule has 1 unspecified atom stereocenters. The molecule has 0 aromatic heterocycles. The Kier molecular flexibility index (Phi) is 5.63. The van der Waals surface area contributed by atoms with Crippen LogP contribution in [-0.4, -0.2) is 30.8 Å². The molecule has 0 fully saturated rings. The van der Waals surface area contributed by atoms with Gasteiger partial charge in [-0.05, 0) is 50.8 Å². The van der Waals surface area contributed by atoms with Crippen molar-refractivity contribution in [2.45, 2.75) is 38.7 Å². The molecule has 0 radical (unpaired) electrons. The van der Waals surface area contributed by atoms with Gasteiger partial charge in [0.2, 0.25) is 0 Å². The van der Waals surface area contributed by atoms with Crippen molar-refractivity contribution in [3.05, 3.63) is 29.8 Å². The number of aliphatic hydroxyl groups is 1. The zero-order valence-electron chi connectivity index (χ0n) is 11.8. The van der Waals surface area contributed by atoms with Crippen molar-refractivity contribution >= 4 is 5.69 Å². The van der Waals surface area contributed by atoms with Gasteiger partial charge in [0, 0.05) is 25.8 Å². The summed E-state index contributed by atoms with van der Waals surface area (Å²) in [5.74, 6) is 0. The van der Waals surface area contributed by atoms with Gasteiger partial charge in [0.15, 0.2) is 0 Å². The van der Waals surface area contributed by atoms with E-state index >= 15 is 0 Å². The Hall–Kier alpha value is -1.06. The Morgan fingerprint density at radius 2 is 2.06 bits per heavy atom. The second kappa shape index (κ2) is 6.76. The molecular weight excluding hydrogens is 224 g/mol. The zero-order chi connectivity index (χ0) is 13.6. The third-order valence-electron chi connectivity index (χ3n) is 3.34. The van der Waals surface area contributed by atoms with E-state index in [9.17, 15) is 5.11 Å². The van der Waals surface area contributed by atoms with Crippen LogP contribution in [-0.2, 0) is 0 Å². The molecule has 3 N–H and O–H groups in total. The van der Waals surface area contributed by atoms with Crippen LogP contribution in [0.5, 0.6) is 0 Å². The van der Waals surface area contributed by atoms with Crippen LogP contribution in [0.4, 0.5) is 5.69 Å². The Labute approximate surface area is 111 Å². The zero-order valence-corrected chi connectivity index (χ0v) is 11.8. The number of rotatable bonds is 7. The molecule has 1 atom stereocenters. The van der Waals surface area contributed by atoms with Gasteiger partial charge < -0.3 is 15.7 Å². The lowest BCUT2D eigenvalue weighted by Crippen LogP contribution is -2.34. The summed E-state index contributed by atoms with van der Waals surface area (Å²) in [5, 5.41) is 9.80. The van der Waals surface area contributed by atoms with Gasteiger partial charge in [-0.2, -0.15) is 0 Å². The summed E-state index contributed by atoms with van der Waals surface area (Å²) in [5.41, 5.74) is 7.32.